The highest BCUT2D eigenvalue weighted by molar-refractivity contribution is 5.79. The van der Waals surface area contributed by atoms with Crippen molar-refractivity contribution in [2.45, 2.75) is 24.2 Å². The van der Waals surface area contributed by atoms with Gasteiger partial charge in [-0.3, -0.25) is 0 Å². The monoisotopic (exact) mass is 395 g/mol. The Morgan fingerprint density at radius 1 is 1.23 bits per heavy atom. The molecule has 1 aliphatic rings. The number of hydrogen-bond acceptors (Lipinski definition) is 4. The molecule has 0 spiro atoms. The fraction of sp³-hybridized carbons (Fsp3) is 0.462. The van der Waals surface area contributed by atoms with Crippen molar-refractivity contribution in [1.29, 1.82) is 0 Å². The summed E-state index contributed by atoms with van der Waals surface area (Å²) in [7, 11) is 0.773. The van der Waals surface area contributed by atoms with Gasteiger partial charge in [0.05, 0.1) is 19.3 Å². The number of hydrogen-bond donors (Lipinski definition) is 1. The maximum atomic E-state index is 13.7. The third-order valence-corrected chi connectivity index (χ3v) is 3.66. The zero-order valence-corrected chi connectivity index (χ0v) is 12.6. The van der Waals surface area contributed by atoms with Crippen molar-refractivity contribution in [3.05, 3.63) is 23.8 Å². The van der Waals surface area contributed by atoms with E-state index >= 15 is 0 Å². The van der Waals surface area contributed by atoms with Crippen molar-refractivity contribution in [3.8, 4) is 5.75 Å². The van der Waals surface area contributed by atoms with Gasteiger partial charge in [0.1, 0.15) is 0 Å². The molecule has 0 amide bonds. The van der Waals surface area contributed by atoms with E-state index in [0.717, 1.165) is 7.11 Å². The summed E-state index contributed by atoms with van der Waals surface area (Å²) in [4.78, 5) is 11.2. The number of nitrogens with zero attached hydrogens (tertiary/aromatic N) is 1. The van der Waals surface area contributed by atoms with Gasteiger partial charge in [0.2, 0.25) is 12.0 Å². The first-order valence-electron chi connectivity index (χ1n) is 6.59. The Bertz CT molecular complexity index is 703. The van der Waals surface area contributed by atoms with E-state index in [9.17, 15) is 39.9 Å². The molecule has 13 heteroatoms. The van der Waals surface area contributed by atoms with Gasteiger partial charge in [0, 0.05) is 0 Å². The van der Waals surface area contributed by atoms with Crippen LogP contribution in [0.5, 0.6) is 5.75 Å². The van der Waals surface area contributed by atoms with Crippen LogP contribution >= 0.6 is 0 Å². The van der Waals surface area contributed by atoms with E-state index < -0.39 is 59.8 Å². The average Bonchev–Trinajstić information content (AvgIpc) is 2.91. The molecule has 1 atom stereocenters. The van der Waals surface area contributed by atoms with E-state index in [-0.39, 0.29) is 4.90 Å². The quantitative estimate of drug-likeness (QED) is 0.798. The molecule has 1 aromatic carbocycles. The van der Waals surface area contributed by atoms with E-state index in [1.807, 2.05) is 0 Å². The van der Waals surface area contributed by atoms with Gasteiger partial charge in [-0.1, -0.05) is 0 Å². The molecule has 0 radical (unpaired) electrons. The molecule has 0 saturated carbocycles. The summed E-state index contributed by atoms with van der Waals surface area (Å²) in [5.74, 6) is -6.49. The first-order chi connectivity index (χ1) is 11.8. The van der Waals surface area contributed by atoms with Crippen LogP contribution in [-0.4, -0.2) is 48.9 Å². The number of carbonyl (C=O) groups is 1. The van der Waals surface area contributed by atoms with Gasteiger partial charge in [-0.05, 0) is 12.1 Å². The number of anilines is 1. The first kappa shape index (κ1) is 20.0. The summed E-state index contributed by atoms with van der Waals surface area (Å²) in [6.07, 6.45) is -14.9. The highest BCUT2D eigenvalue weighted by atomic mass is 19.4. The number of carboxylic acids is 1. The molecular weight excluding hydrogens is 386 g/mol. The molecule has 26 heavy (non-hydrogen) atoms. The second kappa shape index (κ2) is 6.14. The Balaban J connectivity index is 2.66. The molecule has 1 N–H and O–H groups in total. The van der Waals surface area contributed by atoms with Crippen molar-refractivity contribution in [2.24, 2.45) is 0 Å². The van der Waals surface area contributed by atoms with Gasteiger partial charge in [0.15, 0.2) is 11.6 Å². The highest BCUT2D eigenvalue weighted by Crippen LogP contribution is 2.52. The number of carboxylic acid groups (broad SMARTS) is 1. The van der Waals surface area contributed by atoms with E-state index in [2.05, 4.69) is 9.47 Å². The Labute approximate surface area is 139 Å². The Kier molecular flexibility index (Phi) is 4.73. The topological polar surface area (TPSA) is 59.0 Å². The summed E-state index contributed by atoms with van der Waals surface area (Å²) in [6.45, 7) is -2.06. The van der Waals surface area contributed by atoms with Crippen molar-refractivity contribution in [2.75, 3.05) is 18.6 Å². The number of benzene rings is 1. The number of alkyl halides is 6. The third kappa shape index (κ3) is 2.89. The average molecular weight is 395 g/mol. The molecule has 1 saturated heterocycles. The van der Waals surface area contributed by atoms with Gasteiger partial charge in [-0.2, -0.15) is 30.7 Å². The number of ether oxygens (including phenoxy) is 2. The van der Waals surface area contributed by atoms with Gasteiger partial charge in [0.25, 0.3) is 5.60 Å². The van der Waals surface area contributed by atoms with Crippen LogP contribution in [0.2, 0.25) is 0 Å². The zero-order chi connectivity index (χ0) is 20.1. The summed E-state index contributed by atoms with van der Waals surface area (Å²) in [6, 6.07) is 0.979. The van der Waals surface area contributed by atoms with Crippen molar-refractivity contribution < 1.29 is 54.5 Å². The maximum Gasteiger partial charge on any atom is 0.428 e. The number of methoxy groups -OCH3 is 1. The molecule has 0 aliphatic carbocycles. The summed E-state index contributed by atoms with van der Waals surface area (Å²) >= 11 is 0. The summed E-state index contributed by atoms with van der Waals surface area (Å²) in [5.41, 5.74) is -5.70. The van der Waals surface area contributed by atoms with Crippen LogP contribution in [0.25, 0.3) is 0 Å². The van der Waals surface area contributed by atoms with Crippen molar-refractivity contribution >= 4 is 11.7 Å². The SMILES string of the molecule is COc1c(N2CC(C(F)(F)F)(C(F)(F)F)OC2C(=O)O)ccc(F)c1F. The summed E-state index contributed by atoms with van der Waals surface area (Å²) in [5, 5.41) is 8.99. The smallest absolute Gasteiger partial charge is 0.428 e. The van der Waals surface area contributed by atoms with Crippen LogP contribution in [0, 0.1) is 11.6 Å². The molecule has 2 rings (SSSR count). The molecule has 146 valence electrons. The summed E-state index contributed by atoms with van der Waals surface area (Å²) < 4.78 is 114. The fourth-order valence-electron chi connectivity index (χ4n) is 2.43. The maximum absolute atomic E-state index is 13.7. The number of halogens is 8. The Morgan fingerprint density at radius 3 is 2.19 bits per heavy atom. The second-order valence-corrected chi connectivity index (χ2v) is 5.17. The van der Waals surface area contributed by atoms with Gasteiger partial charge in [-0.15, -0.1) is 0 Å². The van der Waals surface area contributed by atoms with Crippen molar-refractivity contribution in [3.63, 3.8) is 0 Å². The lowest BCUT2D eigenvalue weighted by molar-refractivity contribution is -0.368. The second-order valence-electron chi connectivity index (χ2n) is 5.17. The van der Waals surface area contributed by atoms with Gasteiger partial charge >= 0.3 is 18.3 Å². The highest BCUT2D eigenvalue weighted by Gasteiger charge is 2.77. The Morgan fingerprint density at radius 2 is 1.77 bits per heavy atom. The van der Waals surface area contributed by atoms with E-state index in [1.165, 1.54) is 0 Å². The van der Waals surface area contributed by atoms with Crippen molar-refractivity contribution in [1.82, 2.24) is 0 Å². The first-order valence-corrected chi connectivity index (χ1v) is 6.59. The lowest BCUT2D eigenvalue weighted by Crippen LogP contribution is -2.59. The Hall–Kier alpha value is -2.31. The van der Waals surface area contributed by atoms with Crippen LogP contribution in [0.3, 0.4) is 0 Å². The molecule has 1 fully saturated rings. The largest absolute Gasteiger partial charge is 0.491 e. The molecular formula is C13H9F8NO4. The van der Waals surface area contributed by atoms with Gasteiger partial charge in [-0.25, -0.2) is 9.18 Å². The predicted octanol–water partition coefficient (Wildman–Crippen LogP) is 3.08. The lowest BCUT2D eigenvalue weighted by Gasteiger charge is -2.32. The van der Waals surface area contributed by atoms with Crippen LogP contribution in [0.15, 0.2) is 12.1 Å². The molecule has 1 aromatic rings. The zero-order valence-electron chi connectivity index (χ0n) is 12.6. The normalized spacial score (nSPS) is 20.3. The standard InChI is InChI=1S/C13H9F8NO4/c1-25-8-6(3-2-5(14)7(8)15)22-4-11(12(16,17)18,13(19,20)21)26-9(22)10(23)24/h2-3,9H,4H2,1H3,(H,23,24). The van der Waals surface area contributed by atoms with Crippen LogP contribution < -0.4 is 9.64 Å². The lowest BCUT2D eigenvalue weighted by atomic mass is 10.0. The van der Waals surface area contributed by atoms with E-state index in [4.69, 9.17) is 5.11 Å². The molecule has 1 unspecified atom stereocenters. The number of aliphatic carboxylic acids is 1. The van der Waals surface area contributed by atoms with Crippen LogP contribution in [0.4, 0.5) is 40.8 Å². The molecule has 5 nitrogen and oxygen atoms in total. The van der Waals surface area contributed by atoms with Crippen LogP contribution in [0.1, 0.15) is 0 Å². The van der Waals surface area contributed by atoms with Crippen LogP contribution in [-0.2, 0) is 9.53 Å². The van der Waals surface area contributed by atoms with Gasteiger partial charge < -0.3 is 19.5 Å². The predicted molar refractivity (Wildman–Crippen MR) is 67.6 cm³/mol. The molecule has 0 aromatic heterocycles. The minimum Gasteiger partial charge on any atom is -0.491 e. The third-order valence-electron chi connectivity index (χ3n) is 3.66. The molecule has 1 aliphatic heterocycles. The molecule has 0 bridgehead atoms. The van der Waals surface area contributed by atoms with E-state index in [0.29, 0.717) is 12.1 Å². The number of rotatable bonds is 3. The molecule has 1 heterocycles. The minimum absolute atomic E-state index is 0.00926. The van der Waals surface area contributed by atoms with E-state index in [1.54, 1.807) is 0 Å². The minimum atomic E-state index is -6.04. The fourth-order valence-corrected chi connectivity index (χ4v) is 2.43.